The number of nitrogens with two attached hydrogens (primary N) is 1. The molecule has 0 saturated heterocycles. The number of ether oxygens (including phenoxy) is 1. The predicted octanol–water partition coefficient (Wildman–Crippen LogP) is 2.73. The van der Waals surface area contributed by atoms with Crippen LogP contribution in [0.5, 0.6) is 5.75 Å². The predicted molar refractivity (Wildman–Crippen MR) is 118 cm³/mol. The lowest BCUT2D eigenvalue weighted by atomic mass is 9.81. The van der Waals surface area contributed by atoms with Crippen LogP contribution in [0.3, 0.4) is 0 Å². The van der Waals surface area contributed by atoms with Crippen LogP contribution in [-0.4, -0.2) is 33.6 Å². The maximum atomic E-state index is 13.9. The Morgan fingerprint density at radius 1 is 1.38 bits per heavy atom. The van der Waals surface area contributed by atoms with E-state index in [2.05, 4.69) is 10.3 Å². The average Bonchev–Trinajstić information content (AvgIpc) is 3.11. The van der Waals surface area contributed by atoms with E-state index in [0.29, 0.717) is 17.7 Å². The van der Waals surface area contributed by atoms with Gasteiger partial charge in [0.05, 0.1) is 5.02 Å². The standard InChI is InChI=1S/C24H22ClN3O4/c1-12(2)13-8-9-14-18(11-13)32-24(31)15-5-3-7-17(26)19(15)21(29)23(14,24)28-22(30)20-16(25)6-4-10-27-20/h3-6,8-12,17,31H,7,26H2,1-2H3,(H,28,30). The Labute approximate surface area is 189 Å². The van der Waals surface area contributed by atoms with E-state index in [1.165, 1.54) is 12.3 Å². The number of ketones is 1. The van der Waals surface area contributed by atoms with Crippen LogP contribution in [0.2, 0.25) is 5.02 Å². The van der Waals surface area contributed by atoms with Crippen molar-refractivity contribution in [2.45, 2.75) is 43.6 Å². The SMILES string of the molecule is CC(C)c1ccc2c(c1)OC1(O)C3=C(C(=O)C21NC(=O)c1ncccc1Cl)C(N)CC=C3. The second-order valence-corrected chi connectivity index (χ2v) is 9.00. The smallest absolute Gasteiger partial charge is 0.272 e. The Bertz CT molecular complexity index is 1240. The number of Topliss-reactive ketones (excluding diaryl/α,β-unsaturated/α-hetero) is 1. The van der Waals surface area contributed by atoms with Gasteiger partial charge in [0, 0.05) is 28.9 Å². The number of hydrogen-bond donors (Lipinski definition) is 3. The molecule has 1 aromatic heterocycles. The Morgan fingerprint density at radius 2 is 2.16 bits per heavy atom. The highest BCUT2D eigenvalue weighted by atomic mass is 35.5. The van der Waals surface area contributed by atoms with E-state index in [4.69, 9.17) is 22.1 Å². The van der Waals surface area contributed by atoms with Crippen LogP contribution >= 0.6 is 11.6 Å². The number of pyridine rings is 1. The zero-order valence-electron chi connectivity index (χ0n) is 17.6. The monoisotopic (exact) mass is 451 g/mol. The van der Waals surface area contributed by atoms with E-state index in [1.807, 2.05) is 19.9 Å². The lowest BCUT2D eigenvalue weighted by Gasteiger charge is -2.35. The molecule has 164 valence electrons. The number of aromatic nitrogens is 1. The van der Waals surface area contributed by atoms with Crippen molar-refractivity contribution in [3.8, 4) is 5.75 Å². The topological polar surface area (TPSA) is 115 Å². The van der Waals surface area contributed by atoms with Gasteiger partial charge < -0.3 is 20.9 Å². The third-order valence-electron chi connectivity index (χ3n) is 6.40. The van der Waals surface area contributed by atoms with Crippen LogP contribution in [0.1, 0.15) is 47.8 Å². The second kappa shape index (κ2) is 7.00. The molecule has 1 amide bonds. The quantitative estimate of drug-likeness (QED) is 0.661. The molecule has 2 aromatic rings. The third kappa shape index (κ3) is 2.59. The Hall–Kier alpha value is -3.00. The molecule has 3 unspecified atom stereocenters. The Balaban J connectivity index is 1.71. The molecule has 0 radical (unpaired) electrons. The van der Waals surface area contributed by atoms with Crippen molar-refractivity contribution in [1.29, 1.82) is 0 Å². The van der Waals surface area contributed by atoms with Gasteiger partial charge in [-0.05, 0) is 36.1 Å². The maximum Gasteiger partial charge on any atom is 0.272 e. The molecule has 0 fully saturated rings. The van der Waals surface area contributed by atoms with Crippen LogP contribution in [0, 0.1) is 0 Å². The molecule has 0 saturated carbocycles. The summed E-state index contributed by atoms with van der Waals surface area (Å²) in [4.78, 5) is 31.2. The third-order valence-corrected chi connectivity index (χ3v) is 6.71. The zero-order valence-corrected chi connectivity index (χ0v) is 18.3. The van der Waals surface area contributed by atoms with Gasteiger partial charge in [-0.1, -0.05) is 49.7 Å². The molecule has 32 heavy (non-hydrogen) atoms. The molecule has 7 nitrogen and oxygen atoms in total. The number of carbonyl (C=O) groups is 2. The molecular formula is C24H22ClN3O4. The summed E-state index contributed by atoms with van der Waals surface area (Å²) in [5.74, 6) is -2.82. The molecule has 4 N–H and O–H groups in total. The van der Waals surface area contributed by atoms with E-state index in [9.17, 15) is 14.7 Å². The molecular weight excluding hydrogens is 430 g/mol. The van der Waals surface area contributed by atoms with E-state index in [-0.39, 0.29) is 27.8 Å². The van der Waals surface area contributed by atoms with Crippen molar-refractivity contribution in [3.05, 3.63) is 81.7 Å². The maximum absolute atomic E-state index is 13.9. The summed E-state index contributed by atoms with van der Waals surface area (Å²) in [6, 6.07) is 7.87. The van der Waals surface area contributed by atoms with Gasteiger partial charge in [-0.2, -0.15) is 0 Å². The van der Waals surface area contributed by atoms with Crippen molar-refractivity contribution in [1.82, 2.24) is 10.3 Å². The summed E-state index contributed by atoms with van der Waals surface area (Å²) in [6.45, 7) is 4.06. The fraction of sp³-hybridized carbons (Fsp3) is 0.292. The van der Waals surface area contributed by atoms with Gasteiger partial charge in [0.25, 0.3) is 11.7 Å². The summed E-state index contributed by atoms with van der Waals surface area (Å²) in [5, 5.41) is 14.8. The number of carbonyl (C=O) groups excluding carboxylic acids is 2. The first kappa shape index (κ1) is 20.9. The fourth-order valence-corrected chi connectivity index (χ4v) is 4.97. The van der Waals surface area contributed by atoms with Gasteiger partial charge >= 0.3 is 0 Å². The summed E-state index contributed by atoms with van der Waals surface area (Å²) < 4.78 is 6.07. The molecule has 1 aromatic carbocycles. The first-order valence-electron chi connectivity index (χ1n) is 10.4. The number of benzene rings is 1. The van der Waals surface area contributed by atoms with Crippen molar-refractivity contribution in [3.63, 3.8) is 0 Å². The Kier molecular flexibility index (Phi) is 4.57. The molecule has 0 bridgehead atoms. The van der Waals surface area contributed by atoms with Gasteiger partial charge in [-0.3, -0.25) is 9.59 Å². The van der Waals surface area contributed by atoms with Gasteiger partial charge in [-0.15, -0.1) is 0 Å². The number of amides is 1. The molecule has 3 atom stereocenters. The molecule has 5 rings (SSSR count). The molecule has 8 heteroatoms. The lowest BCUT2D eigenvalue weighted by Crippen LogP contribution is -2.63. The Morgan fingerprint density at radius 3 is 2.88 bits per heavy atom. The summed E-state index contributed by atoms with van der Waals surface area (Å²) >= 11 is 6.17. The van der Waals surface area contributed by atoms with Crippen molar-refractivity contribution in [2.75, 3.05) is 0 Å². The summed E-state index contributed by atoms with van der Waals surface area (Å²) in [7, 11) is 0. The number of halogens is 1. The van der Waals surface area contributed by atoms with E-state index >= 15 is 0 Å². The normalized spacial score (nSPS) is 27.8. The van der Waals surface area contributed by atoms with Gasteiger partial charge in [0.15, 0.2) is 5.78 Å². The summed E-state index contributed by atoms with van der Waals surface area (Å²) in [5.41, 5.74) is 6.12. The second-order valence-electron chi connectivity index (χ2n) is 8.60. The van der Waals surface area contributed by atoms with Crippen LogP contribution < -0.4 is 15.8 Å². The molecule has 1 aliphatic heterocycles. The van der Waals surface area contributed by atoms with Gasteiger partial charge in [0.2, 0.25) is 5.54 Å². The number of hydrogen-bond acceptors (Lipinski definition) is 6. The van der Waals surface area contributed by atoms with E-state index in [0.717, 1.165) is 5.56 Å². The molecule has 2 heterocycles. The highest BCUT2D eigenvalue weighted by Gasteiger charge is 2.72. The van der Waals surface area contributed by atoms with Crippen molar-refractivity contribution < 1.29 is 19.4 Å². The van der Waals surface area contributed by atoms with Crippen LogP contribution in [0.4, 0.5) is 0 Å². The average molecular weight is 452 g/mol. The van der Waals surface area contributed by atoms with Crippen LogP contribution in [0.25, 0.3) is 0 Å². The van der Waals surface area contributed by atoms with Gasteiger partial charge in [-0.25, -0.2) is 4.98 Å². The molecule has 0 spiro atoms. The number of aliphatic hydroxyl groups is 1. The van der Waals surface area contributed by atoms with Gasteiger partial charge in [0.1, 0.15) is 11.4 Å². The summed E-state index contributed by atoms with van der Waals surface area (Å²) in [6.07, 6.45) is 5.30. The minimum absolute atomic E-state index is 0.0596. The minimum Gasteiger partial charge on any atom is -0.454 e. The number of fused-ring (bicyclic) bond motifs is 4. The van der Waals surface area contributed by atoms with E-state index in [1.54, 1.807) is 30.4 Å². The molecule has 2 aliphatic carbocycles. The highest BCUT2D eigenvalue weighted by molar-refractivity contribution is 6.33. The molecule has 3 aliphatic rings. The first-order valence-corrected chi connectivity index (χ1v) is 10.8. The van der Waals surface area contributed by atoms with Crippen molar-refractivity contribution >= 4 is 23.3 Å². The van der Waals surface area contributed by atoms with Crippen molar-refractivity contribution in [2.24, 2.45) is 5.73 Å². The fourth-order valence-electron chi connectivity index (χ4n) is 4.76. The number of nitrogens with zero attached hydrogens (tertiary/aromatic N) is 1. The number of nitrogens with one attached hydrogen (secondary N) is 1. The lowest BCUT2D eigenvalue weighted by molar-refractivity contribution is -0.154. The van der Waals surface area contributed by atoms with E-state index < -0.39 is 29.1 Å². The first-order chi connectivity index (χ1) is 15.2. The zero-order chi connectivity index (χ0) is 22.8. The largest absolute Gasteiger partial charge is 0.454 e. The minimum atomic E-state index is -2.15. The highest BCUT2D eigenvalue weighted by Crippen LogP contribution is 2.57. The van der Waals surface area contributed by atoms with Crippen LogP contribution in [0.15, 0.2) is 59.8 Å². The number of rotatable bonds is 3. The van der Waals surface area contributed by atoms with Crippen LogP contribution in [-0.2, 0) is 10.3 Å².